The van der Waals surface area contributed by atoms with Crippen molar-refractivity contribution in [2.75, 3.05) is 12.4 Å². The first-order valence-electron chi connectivity index (χ1n) is 8.29. The van der Waals surface area contributed by atoms with Gasteiger partial charge in [0.25, 0.3) is 0 Å². The summed E-state index contributed by atoms with van der Waals surface area (Å²) in [7, 11) is 0. The van der Waals surface area contributed by atoms with Crippen molar-refractivity contribution in [3.05, 3.63) is 53.6 Å². The summed E-state index contributed by atoms with van der Waals surface area (Å²) in [4.78, 5) is 8.74. The number of hydrogen-bond donors (Lipinski definition) is 1. The molecule has 0 radical (unpaired) electrons. The van der Waals surface area contributed by atoms with Gasteiger partial charge in [-0.25, -0.2) is 9.38 Å². The van der Waals surface area contributed by atoms with Gasteiger partial charge in [-0.1, -0.05) is 17.8 Å². The summed E-state index contributed by atoms with van der Waals surface area (Å²) in [5.74, 6) is 0.462. The van der Waals surface area contributed by atoms with Crippen LogP contribution < -0.4 is 5.73 Å². The number of aromatic nitrogens is 1. The molecule has 0 aliphatic carbocycles. The van der Waals surface area contributed by atoms with Gasteiger partial charge in [0.05, 0.1) is 18.3 Å². The number of nitrogens with zero attached hydrogens (tertiary/aromatic N) is 3. The molecule has 5 nitrogen and oxygen atoms in total. The first-order valence-corrected chi connectivity index (χ1v) is 9.27. The molecule has 2 aliphatic rings. The average Bonchev–Trinajstić information content (AvgIpc) is 2.99. The van der Waals surface area contributed by atoms with Crippen molar-refractivity contribution in [3.8, 4) is 17.2 Å². The van der Waals surface area contributed by atoms with Crippen LogP contribution in [0.15, 0.2) is 41.7 Å². The Labute approximate surface area is 155 Å². The van der Waals surface area contributed by atoms with Gasteiger partial charge in [0.15, 0.2) is 5.17 Å². The summed E-state index contributed by atoms with van der Waals surface area (Å²) in [6, 6.07) is 8.72. The van der Waals surface area contributed by atoms with Crippen LogP contribution in [-0.4, -0.2) is 28.6 Å². The van der Waals surface area contributed by atoms with Gasteiger partial charge in [-0.2, -0.15) is 5.26 Å². The molecular weight excluding hydrogens is 351 g/mol. The van der Waals surface area contributed by atoms with E-state index in [0.29, 0.717) is 22.9 Å². The van der Waals surface area contributed by atoms with Crippen LogP contribution in [0.4, 0.5) is 4.39 Å². The van der Waals surface area contributed by atoms with Gasteiger partial charge >= 0.3 is 0 Å². The highest BCUT2D eigenvalue weighted by atomic mass is 32.2. The maximum atomic E-state index is 14.9. The molecule has 7 heteroatoms. The average molecular weight is 368 g/mol. The number of nitrogens with two attached hydrogens (primary N) is 1. The van der Waals surface area contributed by atoms with Gasteiger partial charge in [-0.15, -0.1) is 0 Å². The molecule has 3 atom stereocenters. The standard InChI is InChI=1S/C19H17FN4OS/c1-11-16-9-26-18(22)24-19(16,10-25-11)15-5-13(2-3-17(15)20)14-4-12(6-21)7-23-8-14/h2-5,7-8,11,16H,9-10H2,1H3,(H2,22,24)/t11-,16-,19-/m1/s1. The number of benzene rings is 1. The third kappa shape index (κ3) is 2.66. The van der Waals surface area contributed by atoms with Crippen LogP contribution in [0, 0.1) is 23.1 Å². The molecule has 2 aliphatic heterocycles. The third-order valence-electron chi connectivity index (χ3n) is 5.10. The van der Waals surface area contributed by atoms with E-state index in [-0.39, 0.29) is 17.8 Å². The van der Waals surface area contributed by atoms with E-state index in [9.17, 15) is 4.39 Å². The van der Waals surface area contributed by atoms with Crippen LogP contribution >= 0.6 is 11.8 Å². The highest BCUT2D eigenvalue weighted by molar-refractivity contribution is 8.13. The minimum absolute atomic E-state index is 0.0222. The molecule has 26 heavy (non-hydrogen) atoms. The molecule has 4 rings (SSSR count). The SMILES string of the molecule is C[C@H]1OC[C@]2(c3cc(-c4cncc(C#N)c4)ccc3F)N=C(N)SC[C@H]12. The number of pyridine rings is 1. The first-order chi connectivity index (χ1) is 12.5. The molecule has 2 N–H and O–H groups in total. The summed E-state index contributed by atoms with van der Waals surface area (Å²) < 4.78 is 20.7. The van der Waals surface area contributed by atoms with Gasteiger partial charge in [0, 0.05) is 35.2 Å². The Balaban J connectivity index is 1.86. The molecule has 1 aromatic heterocycles. The second kappa shape index (κ2) is 6.38. The molecular formula is C19H17FN4OS. The molecule has 0 spiro atoms. The minimum atomic E-state index is -0.810. The predicted octanol–water partition coefficient (Wildman–Crippen LogP) is 3.05. The molecule has 0 unspecified atom stereocenters. The molecule has 3 heterocycles. The number of amidine groups is 1. The molecule has 1 fully saturated rings. The maximum absolute atomic E-state index is 14.9. The van der Waals surface area contributed by atoms with Crippen LogP contribution in [0.25, 0.3) is 11.1 Å². The zero-order chi connectivity index (χ0) is 18.3. The van der Waals surface area contributed by atoms with E-state index >= 15 is 0 Å². The Bertz CT molecular complexity index is 941. The Morgan fingerprint density at radius 3 is 3.00 bits per heavy atom. The van der Waals surface area contributed by atoms with E-state index in [1.54, 1.807) is 24.4 Å². The highest BCUT2D eigenvalue weighted by Gasteiger charge is 2.52. The van der Waals surface area contributed by atoms with E-state index in [1.165, 1.54) is 24.0 Å². The van der Waals surface area contributed by atoms with E-state index in [2.05, 4.69) is 16.0 Å². The van der Waals surface area contributed by atoms with Crippen LogP contribution in [0.2, 0.25) is 0 Å². The predicted molar refractivity (Wildman–Crippen MR) is 99.0 cm³/mol. The van der Waals surface area contributed by atoms with Crippen molar-refractivity contribution in [1.82, 2.24) is 4.98 Å². The van der Waals surface area contributed by atoms with Crippen molar-refractivity contribution in [2.45, 2.75) is 18.6 Å². The van der Waals surface area contributed by atoms with Crippen LogP contribution in [0.5, 0.6) is 0 Å². The van der Waals surface area contributed by atoms with Gasteiger partial charge in [-0.3, -0.25) is 4.98 Å². The fraction of sp³-hybridized carbons (Fsp3) is 0.316. The van der Waals surface area contributed by atoms with E-state index in [4.69, 9.17) is 15.7 Å². The molecule has 0 saturated carbocycles. The number of halogens is 1. The zero-order valence-electron chi connectivity index (χ0n) is 14.1. The van der Waals surface area contributed by atoms with E-state index in [0.717, 1.165) is 16.9 Å². The smallest absolute Gasteiger partial charge is 0.154 e. The second-order valence-electron chi connectivity index (χ2n) is 6.58. The van der Waals surface area contributed by atoms with E-state index in [1.807, 2.05) is 6.92 Å². The number of nitriles is 1. The number of ether oxygens (including phenoxy) is 1. The summed E-state index contributed by atoms with van der Waals surface area (Å²) in [5.41, 5.74) is 7.65. The largest absolute Gasteiger partial charge is 0.379 e. The maximum Gasteiger partial charge on any atom is 0.154 e. The van der Waals surface area contributed by atoms with Gasteiger partial charge < -0.3 is 10.5 Å². The normalized spacial score (nSPS) is 27.5. The van der Waals surface area contributed by atoms with Gasteiger partial charge in [-0.05, 0) is 30.7 Å². The second-order valence-corrected chi connectivity index (χ2v) is 7.62. The Hall–Kier alpha value is -2.43. The van der Waals surface area contributed by atoms with Crippen molar-refractivity contribution >= 4 is 16.9 Å². The molecule has 1 aromatic carbocycles. The monoisotopic (exact) mass is 368 g/mol. The quantitative estimate of drug-likeness (QED) is 0.881. The van der Waals surface area contributed by atoms with Gasteiger partial charge in [0.1, 0.15) is 17.4 Å². The number of rotatable bonds is 2. The fourth-order valence-corrected chi connectivity index (χ4v) is 4.82. The van der Waals surface area contributed by atoms with Crippen LogP contribution in [0.3, 0.4) is 0 Å². The van der Waals surface area contributed by atoms with Crippen molar-refractivity contribution in [2.24, 2.45) is 16.6 Å². The Morgan fingerprint density at radius 1 is 1.35 bits per heavy atom. The summed E-state index contributed by atoms with van der Waals surface area (Å²) in [6.45, 7) is 2.29. The number of aliphatic imine (C=N–C) groups is 1. The molecule has 2 aromatic rings. The summed E-state index contributed by atoms with van der Waals surface area (Å²) >= 11 is 1.48. The topological polar surface area (TPSA) is 84.3 Å². The van der Waals surface area contributed by atoms with Crippen LogP contribution in [-0.2, 0) is 10.3 Å². The lowest BCUT2D eigenvalue weighted by atomic mass is 9.78. The zero-order valence-corrected chi connectivity index (χ0v) is 15.0. The molecule has 0 amide bonds. The van der Waals surface area contributed by atoms with Crippen molar-refractivity contribution in [1.29, 1.82) is 5.26 Å². The first kappa shape index (κ1) is 17.0. The lowest BCUT2D eigenvalue weighted by Gasteiger charge is -2.35. The van der Waals surface area contributed by atoms with Crippen LogP contribution in [0.1, 0.15) is 18.1 Å². The molecule has 132 valence electrons. The fourth-order valence-electron chi connectivity index (χ4n) is 3.70. The number of hydrogen-bond acceptors (Lipinski definition) is 6. The minimum Gasteiger partial charge on any atom is -0.379 e. The lowest BCUT2D eigenvalue weighted by molar-refractivity contribution is 0.107. The number of fused-ring (bicyclic) bond motifs is 1. The summed E-state index contributed by atoms with van der Waals surface area (Å²) in [5, 5.41) is 9.55. The van der Waals surface area contributed by atoms with Gasteiger partial charge in [0.2, 0.25) is 0 Å². The molecule has 0 bridgehead atoms. The van der Waals surface area contributed by atoms with E-state index < -0.39 is 5.54 Å². The Morgan fingerprint density at radius 2 is 2.19 bits per heavy atom. The lowest BCUT2D eigenvalue weighted by Crippen LogP contribution is -2.41. The third-order valence-corrected chi connectivity index (χ3v) is 6.01. The van der Waals surface area contributed by atoms with Crippen molar-refractivity contribution in [3.63, 3.8) is 0 Å². The van der Waals surface area contributed by atoms with Crippen molar-refractivity contribution < 1.29 is 9.13 Å². The Kier molecular flexibility index (Phi) is 4.17. The number of thioether (sulfide) groups is 1. The molecule has 1 saturated heterocycles. The highest BCUT2D eigenvalue weighted by Crippen LogP contribution is 2.48. The summed E-state index contributed by atoms with van der Waals surface area (Å²) in [6.07, 6.45) is 3.14.